The third kappa shape index (κ3) is 3.37. The highest BCUT2D eigenvalue weighted by atomic mass is 35.5. The van der Waals surface area contributed by atoms with Crippen LogP contribution in [0.5, 0.6) is 0 Å². The Morgan fingerprint density at radius 2 is 2.05 bits per heavy atom. The number of carbonyl (C=O) groups excluding carboxylic acids is 1. The zero-order chi connectivity index (χ0) is 15.4. The van der Waals surface area contributed by atoms with Crippen molar-refractivity contribution in [2.24, 2.45) is 0 Å². The molecule has 21 heavy (non-hydrogen) atoms. The number of benzene rings is 1. The molecule has 5 heteroatoms. The highest BCUT2D eigenvalue weighted by Crippen LogP contribution is 2.21. The average Bonchev–Trinajstić information content (AvgIpc) is 2.51. The van der Waals surface area contributed by atoms with Gasteiger partial charge in [0.15, 0.2) is 0 Å². The molecule has 0 spiro atoms. The van der Waals surface area contributed by atoms with Gasteiger partial charge in [-0.25, -0.2) is 0 Å². The van der Waals surface area contributed by atoms with E-state index in [1.807, 2.05) is 30.9 Å². The van der Waals surface area contributed by atoms with Crippen molar-refractivity contribution in [3.05, 3.63) is 34.3 Å². The second-order valence-corrected chi connectivity index (χ2v) is 5.70. The van der Waals surface area contributed by atoms with E-state index in [2.05, 4.69) is 11.0 Å². The number of carbonyl (C=O) groups is 1. The maximum Gasteiger partial charge on any atom is 0.254 e. The van der Waals surface area contributed by atoms with Crippen LogP contribution in [0.2, 0.25) is 5.02 Å². The first-order chi connectivity index (χ1) is 10.1. The normalized spacial score (nSPS) is 17.3. The SMILES string of the molecule is CCC(C#N)N1CCN(C(=O)c2cccc(Cl)c2C)CC1. The lowest BCUT2D eigenvalue weighted by Gasteiger charge is -2.36. The predicted octanol–water partition coefficient (Wildman–Crippen LogP) is 2.71. The highest BCUT2D eigenvalue weighted by Gasteiger charge is 2.26. The molecule has 1 fully saturated rings. The van der Waals surface area contributed by atoms with Gasteiger partial charge in [-0.2, -0.15) is 5.26 Å². The molecule has 1 heterocycles. The number of hydrogen-bond acceptors (Lipinski definition) is 3. The molecule has 1 saturated heterocycles. The fourth-order valence-electron chi connectivity index (χ4n) is 2.68. The van der Waals surface area contributed by atoms with Gasteiger partial charge in [0.25, 0.3) is 5.91 Å². The molecule has 1 aromatic rings. The Hall–Kier alpha value is -1.57. The smallest absolute Gasteiger partial charge is 0.254 e. The van der Waals surface area contributed by atoms with Gasteiger partial charge in [-0.05, 0) is 31.0 Å². The van der Waals surface area contributed by atoms with Crippen molar-refractivity contribution in [1.82, 2.24) is 9.80 Å². The number of amides is 1. The summed E-state index contributed by atoms with van der Waals surface area (Å²) in [5.74, 6) is 0.0275. The maximum atomic E-state index is 12.6. The Balaban J connectivity index is 2.04. The summed E-state index contributed by atoms with van der Waals surface area (Å²) < 4.78 is 0. The summed E-state index contributed by atoms with van der Waals surface area (Å²) in [4.78, 5) is 16.6. The third-order valence-corrected chi connectivity index (χ3v) is 4.49. The number of nitriles is 1. The van der Waals surface area contributed by atoms with Gasteiger partial charge in [-0.1, -0.05) is 24.6 Å². The highest BCUT2D eigenvalue weighted by molar-refractivity contribution is 6.31. The molecule has 0 N–H and O–H groups in total. The molecule has 0 aliphatic carbocycles. The summed E-state index contributed by atoms with van der Waals surface area (Å²) in [5.41, 5.74) is 1.50. The molecule has 1 unspecified atom stereocenters. The minimum atomic E-state index is -0.0462. The standard InChI is InChI=1S/C16H20ClN3O/c1-3-13(11-18)19-7-9-20(10-8-19)16(21)14-5-4-6-15(17)12(14)2/h4-6,13H,3,7-10H2,1-2H3. The first-order valence-corrected chi connectivity index (χ1v) is 7.64. The number of halogens is 1. The number of nitrogens with zero attached hydrogens (tertiary/aromatic N) is 3. The van der Waals surface area contributed by atoms with Crippen LogP contribution in [0.4, 0.5) is 0 Å². The van der Waals surface area contributed by atoms with Gasteiger partial charge in [-0.15, -0.1) is 0 Å². The lowest BCUT2D eigenvalue weighted by molar-refractivity contribution is 0.0604. The van der Waals surface area contributed by atoms with Crippen LogP contribution in [0.3, 0.4) is 0 Å². The van der Waals surface area contributed by atoms with Crippen molar-refractivity contribution in [3.63, 3.8) is 0 Å². The Bertz CT molecular complexity index is 559. The van der Waals surface area contributed by atoms with Crippen molar-refractivity contribution in [3.8, 4) is 6.07 Å². The van der Waals surface area contributed by atoms with Crippen LogP contribution in [0, 0.1) is 18.3 Å². The van der Waals surface area contributed by atoms with Gasteiger partial charge in [-0.3, -0.25) is 9.69 Å². The lowest BCUT2D eigenvalue weighted by Crippen LogP contribution is -2.51. The molecule has 0 radical (unpaired) electrons. The second kappa shape index (κ2) is 6.93. The summed E-state index contributed by atoms with van der Waals surface area (Å²) in [6.07, 6.45) is 0.817. The van der Waals surface area contributed by atoms with E-state index < -0.39 is 0 Å². The van der Waals surface area contributed by atoms with Gasteiger partial charge in [0.1, 0.15) is 0 Å². The van der Waals surface area contributed by atoms with Gasteiger partial charge in [0, 0.05) is 36.8 Å². The van der Waals surface area contributed by atoms with Gasteiger partial charge < -0.3 is 4.90 Å². The van der Waals surface area contributed by atoms with E-state index in [4.69, 9.17) is 16.9 Å². The molecule has 1 aliphatic rings. The molecule has 112 valence electrons. The third-order valence-electron chi connectivity index (χ3n) is 4.08. The average molecular weight is 306 g/mol. The van der Waals surface area contributed by atoms with E-state index in [1.165, 1.54) is 0 Å². The van der Waals surface area contributed by atoms with Crippen molar-refractivity contribution in [1.29, 1.82) is 5.26 Å². The molecule has 4 nitrogen and oxygen atoms in total. The monoisotopic (exact) mass is 305 g/mol. The maximum absolute atomic E-state index is 12.6. The van der Waals surface area contributed by atoms with Crippen molar-refractivity contribution >= 4 is 17.5 Å². The minimum Gasteiger partial charge on any atom is -0.336 e. The van der Waals surface area contributed by atoms with Gasteiger partial charge in [0.2, 0.25) is 0 Å². The Labute approximate surface area is 130 Å². The zero-order valence-electron chi connectivity index (χ0n) is 12.5. The largest absolute Gasteiger partial charge is 0.336 e. The molecule has 0 saturated carbocycles. The van der Waals surface area contributed by atoms with Crippen LogP contribution in [-0.4, -0.2) is 47.9 Å². The van der Waals surface area contributed by atoms with E-state index in [1.54, 1.807) is 6.07 Å². The number of piperazine rings is 1. The summed E-state index contributed by atoms with van der Waals surface area (Å²) in [7, 11) is 0. The van der Waals surface area contributed by atoms with Crippen LogP contribution >= 0.6 is 11.6 Å². The fraction of sp³-hybridized carbons (Fsp3) is 0.500. The molecule has 0 aromatic heterocycles. The van der Waals surface area contributed by atoms with Crippen molar-refractivity contribution < 1.29 is 4.79 Å². The zero-order valence-corrected chi connectivity index (χ0v) is 13.2. The first-order valence-electron chi connectivity index (χ1n) is 7.26. The van der Waals surface area contributed by atoms with Crippen LogP contribution < -0.4 is 0 Å². The van der Waals surface area contributed by atoms with E-state index >= 15 is 0 Å². The van der Waals surface area contributed by atoms with E-state index in [-0.39, 0.29) is 11.9 Å². The van der Waals surface area contributed by atoms with E-state index in [0.717, 1.165) is 25.1 Å². The second-order valence-electron chi connectivity index (χ2n) is 5.29. The van der Waals surface area contributed by atoms with E-state index in [0.29, 0.717) is 23.7 Å². The number of hydrogen-bond donors (Lipinski definition) is 0. The Kier molecular flexibility index (Phi) is 5.22. The lowest BCUT2D eigenvalue weighted by atomic mass is 10.1. The quantitative estimate of drug-likeness (QED) is 0.862. The van der Waals surface area contributed by atoms with Gasteiger partial charge in [0.05, 0.1) is 12.1 Å². The fourth-order valence-corrected chi connectivity index (χ4v) is 2.85. The van der Waals surface area contributed by atoms with Crippen molar-refractivity contribution in [2.45, 2.75) is 26.3 Å². The molecule has 1 atom stereocenters. The predicted molar refractivity (Wildman–Crippen MR) is 83.4 cm³/mol. The topological polar surface area (TPSA) is 47.3 Å². The molecular weight excluding hydrogens is 286 g/mol. The van der Waals surface area contributed by atoms with Gasteiger partial charge >= 0.3 is 0 Å². The number of rotatable bonds is 3. The molecule has 1 amide bonds. The molecule has 2 rings (SSSR count). The summed E-state index contributed by atoms with van der Waals surface area (Å²) >= 11 is 6.08. The van der Waals surface area contributed by atoms with Crippen LogP contribution in [-0.2, 0) is 0 Å². The Morgan fingerprint density at radius 1 is 1.38 bits per heavy atom. The van der Waals surface area contributed by atoms with Crippen LogP contribution in [0.25, 0.3) is 0 Å². The van der Waals surface area contributed by atoms with E-state index in [9.17, 15) is 4.79 Å². The Morgan fingerprint density at radius 3 is 2.62 bits per heavy atom. The minimum absolute atomic E-state index is 0.0275. The first kappa shape index (κ1) is 15.8. The molecule has 0 bridgehead atoms. The molecule has 1 aliphatic heterocycles. The van der Waals surface area contributed by atoms with Crippen LogP contribution in [0.15, 0.2) is 18.2 Å². The summed E-state index contributed by atoms with van der Waals surface area (Å²) in [6, 6.07) is 7.70. The summed E-state index contributed by atoms with van der Waals surface area (Å²) in [5, 5.41) is 9.73. The van der Waals surface area contributed by atoms with Crippen molar-refractivity contribution in [2.75, 3.05) is 26.2 Å². The van der Waals surface area contributed by atoms with Crippen LogP contribution in [0.1, 0.15) is 29.3 Å². The molecule has 1 aromatic carbocycles. The summed E-state index contributed by atoms with van der Waals surface area (Å²) in [6.45, 7) is 6.69. The molecular formula is C16H20ClN3O.